The van der Waals surface area contributed by atoms with Crippen LogP contribution in [0.25, 0.3) is 0 Å². The van der Waals surface area contributed by atoms with Crippen LogP contribution in [-0.4, -0.2) is 79.2 Å². The largest absolute Gasteiger partial charge is 0.481 e. The molecule has 1 aromatic heterocycles. The zero-order chi connectivity index (χ0) is 40.5. The number of nitriles is 1. The molecule has 3 unspecified atom stereocenters. The molecule has 2 heterocycles. The van der Waals surface area contributed by atoms with Crippen molar-refractivity contribution in [1.29, 1.82) is 5.26 Å². The van der Waals surface area contributed by atoms with E-state index in [0.29, 0.717) is 78.0 Å². The van der Waals surface area contributed by atoms with Gasteiger partial charge in [-0.05, 0) is 146 Å². The Morgan fingerprint density at radius 1 is 0.965 bits per heavy atom. The van der Waals surface area contributed by atoms with Gasteiger partial charge >= 0.3 is 5.97 Å². The van der Waals surface area contributed by atoms with Crippen molar-refractivity contribution in [3.05, 3.63) is 47.2 Å². The summed E-state index contributed by atoms with van der Waals surface area (Å²) in [6.07, 6.45) is 21.5. The molecule has 5 fully saturated rings. The third-order valence-corrected chi connectivity index (χ3v) is 20.0. The number of pyridine rings is 1. The highest BCUT2D eigenvalue weighted by molar-refractivity contribution is 7.91. The summed E-state index contributed by atoms with van der Waals surface area (Å²) in [5.41, 5.74) is 3.53. The Hall–Kier alpha value is -2.74. The first-order valence-corrected chi connectivity index (χ1v) is 24.1. The second-order valence-corrected chi connectivity index (χ2v) is 23.2. The van der Waals surface area contributed by atoms with E-state index < -0.39 is 21.2 Å². The Morgan fingerprint density at radius 2 is 1.75 bits per heavy atom. The van der Waals surface area contributed by atoms with Crippen LogP contribution in [0.3, 0.4) is 0 Å². The molecule has 7 aliphatic rings. The van der Waals surface area contributed by atoms with Crippen LogP contribution >= 0.6 is 0 Å². The topological polar surface area (TPSA) is 133 Å². The standard InChI is InChI=1S/C47H68N4O5S/c1-42(2)35(34-10-18-46(19-11-34,41(52)53)22-28-56-40-31-33(32-48)14-23-49-40)12-16-43(3)38(42)13-17-45(5)39(43)9-8-36-37-7-6-15-47(37,21-20-44(36,45)4)50-24-25-51-26-29-57(54,55)30-27-51/h10,12,14,23,31,36-39,50H,6-9,11,13,15-22,24-30H2,1-5H3,(H,52,53)/t36-,37-,38?,39?,43+,44-,45-,46?,47+/m1/s1. The lowest BCUT2D eigenvalue weighted by Gasteiger charge is -2.72. The molecule has 1 saturated heterocycles. The van der Waals surface area contributed by atoms with E-state index in [0.717, 1.165) is 37.8 Å². The van der Waals surface area contributed by atoms with Crippen molar-refractivity contribution in [2.75, 3.05) is 44.3 Å². The van der Waals surface area contributed by atoms with Crippen LogP contribution in [0.4, 0.5) is 0 Å². The van der Waals surface area contributed by atoms with Gasteiger partial charge in [-0.25, -0.2) is 13.4 Å². The van der Waals surface area contributed by atoms with Crippen LogP contribution in [0.2, 0.25) is 0 Å². The van der Waals surface area contributed by atoms with Crippen molar-refractivity contribution in [2.24, 2.45) is 50.7 Å². The Labute approximate surface area is 342 Å². The van der Waals surface area contributed by atoms with Crippen LogP contribution < -0.4 is 10.1 Å². The van der Waals surface area contributed by atoms with Crippen LogP contribution in [0.1, 0.15) is 130 Å². The molecule has 4 saturated carbocycles. The van der Waals surface area contributed by atoms with Gasteiger partial charge in [0.2, 0.25) is 5.88 Å². The molecule has 8 rings (SSSR count). The number of fused-ring (bicyclic) bond motifs is 7. The van der Waals surface area contributed by atoms with Gasteiger partial charge in [0.05, 0.1) is 35.2 Å². The fourth-order valence-electron chi connectivity index (χ4n) is 15.0. The van der Waals surface area contributed by atoms with E-state index in [2.05, 4.69) is 68.0 Å². The fraction of sp³-hybridized carbons (Fsp3) is 0.766. The maximum atomic E-state index is 12.8. The van der Waals surface area contributed by atoms with Crippen molar-refractivity contribution in [3.63, 3.8) is 0 Å². The Morgan fingerprint density at radius 3 is 2.47 bits per heavy atom. The molecule has 1 aliphatic heterocycles. The minimum atomic E-state index is -2.85. The molecule has 6 aliphatic carbocycles. The van der Waals surface area contributed by atoms with Gasteiger partial charge in [-0.15, -0.1) is 0 Å². The summed E-state index contributed by atoms with van der Waals surface area (Å²) in [4.78, 5) is 19.3. The average molecular weight is 801 g/mol. The number of allylic oxidation sites excluding steroid dienone is 4. The second-order valence-electron chi connectivity index (χ2n) is 20.9. The summed E-state index contributed by atoms with van der Waals surface area (Å²) in [6.45, 7) is 16.6. The summed E-state index contributed by atoms with van der Waals surface area (Å²) in [6, 6.07) is 5.34. The van der Waals surface area contributed by atoms with Gasteiger partial charge in [0.25, 0.3) is 0 Å². The highest BCUT2D eigenvalue weighted by Crippen LogP contribution is 2.76. The van der Waals surface area contributed by atoms with Gasteiger partial charge in [0, 0.05) is 44.0 Å². The van der Waals surface area contributed by atoms with Gasteiger partial charge < -0.3 is 20.1 Å². The molecule has 0 spiro atoms. The molecule has 10 heteroatoms. The lowest BCUT2D eigenvalue weighted by atomic mass is 9.33. The van der Waals surface area contributed by atoms with Crippen LogP contribution in [0.15, 0.2) is 41.6 Å². The number of hydrogen-bond donors (Lipinski definition) is 2. The highest BCUT2D eigenvalue weighted by atomic mass is 32.2. The minimum absolute atomic E-state index is 0.0112. The van der Waals surface area contributed by atoms with Gasteiger partial charge in [0.15, 0.2) is 9.84 Å². The quantitative estimate of drug-likeness (QED) is 0.240. The van der Waals surface area contributed by atoms with Crippen molar-refractivity contribution < 1.29 is 23.1 Å². The molecule has 0 amide bonds. The zero-order valence-corrected chi connectivity index (χ0v) is 36.2. The second kappa shape index (κ2) is 14.8. The van der Waals surface area contributed by atoms with Gasteiger partial charge in [0.1, 0.15) is 0 Å². The van der Waals surface area contributed by atoms with E-state index in [1.165, 1.54) is 68.9 Å². The molecule has 0 bridgehead atoms. The molecule has 1 aromatic rings. The van der Waals surface area contributed by atoms with E-state index in [-0.39, 0.29) is 23.0 Å². The monoisotopic (exact) mass is 800 g/mol. The van der Waals surface area contributed by atoms with Crippen molar-refractivity contribution >= 4 is 15.8 Å². The maximum Gasteiger partial charge on any atom is 0.310 e. The Bertz CT molecular complexity index is 1940. The van der Waals surface area contributed by atoms with Crippen LogP contribution in [0, 0.1) is 62.1 Å². The van der Waals surface area contributed by atoms with Crippen molar-refractivity contribution in [3.8, 4) is 11.9 Å². The summed E-state index contributed by atoms with van der Waals surface area (Å²) in [7, 11) is -2.85. The van der Waals surface area contributed by atoms with Crippen LogP contribution in [-0.2, 0) is 14.6 Å². The highest BCUT2D eigenvalue weighted by Gasteiger charge is 2.69. The van der Waals surface area contributed by atoms with Gasteiger partial charge in [-0.3, -0.25) is 4.79 Å². The smallest absolute Gasteiger partial charge is 0.310 e. The predicted octanol–water partition coefficient (Wildman–Crippen LogP) is 8.37. The molecule has 9 atom stereocenters. The van der Waals surface area contributed by atoms with Crippen molar-refractivity contribution in [2.45, 2.75) is 130 Å². The SMILES string of the molecule is CC1(C)C(C2=CCC(CCOc3cc(C#N)ccn3)(C(=O)O)CC2)=CC[C@@]2(C)C1CC[C@]1(C)C2CC[C@@H]2[C@H]3CCC[C@]3(NCCN3CCS(=O)(=O)CC3)CC[C@]21C. The first-order chi connectivity index (χ1) is 27.0. The lowest BCUT2D eigenvalue weighted by molar-refractivity contribution is -0.218. The number of ether oxygens (including phenoxy) is 1. The molecule has 57 heavy (non-hydrogen) atoms. The van der Waals surface area contributed by atoms with E-state index in [4.69, 9.17) is 4.74 Å². The normalized spacial score (nSPS) is 40.9. The third kappa shape index (κ3) is 6.82. The van der Waals surface area contributed by atoms with Crippen LogP contribution in [0.5, 0.6) is 5.88 Å². The number of sulfone groups is 1. The van der Waals surface area contributed by atoms with Crippen molar-refractivity contribution in [1.82, 2.24) is 15.2 Å². The lowest BCUT2D eigenvalue weighted by Crippen LogP contribution is -2.67. The third-order valence-electron chi connectivity index (χ3n) is 18.4. The van der Waals surface area contributed by atoms with E-state index in [1.54, 1.807) is 18.3 Å². The molecule has 9 nitrogen and oxygen atoms in total. The zero-order valence-electron chi connectivity index (χ0n) is 35.4. The minimum Gasteiger partial charge on any atom is -0.481 e. The maximum absolute atomic E-state index is 12.8. The molecular formula is C47H68N4O5S. The number of carboxylic acid groups (broad SMARTS) is 1. The number of nitrogens with zero attached hydrogens (tertiary/aromatic N) is 3. The Balaban J connectivity index is 0.955. The van der Waals surface area contributed by atoms with E-state index in [1.807, 2.05) is 0 Å². The number of aromatic nitrogens is 1. The molecule has 2 N–H and O–H groups in total. The average Bonchev–Trinajstić information content (AvgIpc) is 3.60. The number of aliphatic carboxylic acids is 1. The predicted molar refractivity (Wildman–Crippen MR) is 223 cm³/mol. The fourth-order valence-corrected chi connectivity index (χ4v) is 16.3. The number of carbonyl (C=O) groups is 1. The summed E-state index contributed by atoms with van der Waals surface area (Å²) < 4.78 is 29.9. The van der Waals surface area contributed by atoms with E-state index >= 15 is 0 Å². The van der Waals surface area contributed by atoms with Gasteiger partial charge in [-0.1, -0.05) is 53.2 Å². The summed E-state index contributed by atoms with van der Waals surface area (Å²) in [5, 5.41) is 23.9. The summed E-state index contributed by atoms with van der Waals surface area (Å²) >= 11 is 0. The molecule has 0 radical (unpaired) electrons. The number of rotatable bonds is 10. The Kier molecular flexibility index (Phi) is 10.6. The van der Waals surface area contributed by atoms with E-state index in [9.17, 15) is 23.6 Å². The number of hydrogen-bond acceptors (Lipinski definition) is 8. The number of carboxylic acids is 1. The molecule has 0 aromatic carbocycles. The summed E-state index contributed by atoms with van der Waals surface area (Å²) in [5.74, 6) is 2.95. The van der Waals surface area contributed by atoms with Gasteiger partial charge in [-0.2, -0.15) is 5.26 Å². The molecular weight excluding hydrogens is 733 g/mol. The first-order valence-electron chi connectivity index (χ1n) is 22.3. The first kappa shape index (κ1) is 41.0. The number of nitrogens with one attached hydrogen (secondary N) is 1. The molecule has 312 valence electrons.